The van der Waals surface area contributed by atoms with Crippen molar-refractivity contribution in [2.45, 2.75) is 12.8 Å². The van der Waals surface area contributed by atoms with E-state index in [0.29, 0.717) is 12.1 Å². The Morgan fingerprint density at radius 2 is 2.00 bits per heavy atom. The molecule has 0 aliphatic carbocycles. The molecule has 16 heavy (non-hydrogen) atoms. The molecule has 5 nitrogen and oxygen atoms in total. The van der Waals surface area contributed by atoms with E-state index in [0.717, 1.165) is 5.52 Å². The molecule has 86 valence electrons. The number of hydrogen-bond acceptors (Lipinski definition) is 4. The minimum absolute atomic E-state index is 0.308. The van der Waals surface area contributed by atoms with Gasteiger partial charge in [0.2, 0.25) is 0 Å². The number of benzene rings is 1. The summed E-state index contributed by atoms with van der Waals surface area (Å²) in [6, 6.07) is 7.24. The Hall–Kier alpha value is -1.59. The molecule has 2 aromatic rings. The number of ether oxygens (including phenoxy) is 2. The summed E-state index contributed by atoms with van der Waals surface area (Å²) in [5.74, 6) is -0.402. The standard InChI is InChI=1S/C11H13NO4/c1-14-10(15-2)7-12-8-5-3-4-6-9(8)16-11(12)13/h3-6,10H,7H2,1-2H3. The molecule has 0 fully saturated rings. The Bertz CT molecular complexity index is 524. The summed E-state index contributed by atoms with van der Waals surface area (Å²) in [6.07, 6.45) is -0.460. The highest BCUT2D eigenvalue weighted by atomic mass is 16.7. The number of rotatable bonds is 4. The summed E-state index contributed by atoms with van der Waals surface area (Å²) in [5, 5.41) is 0. The van der Waals surface area contributed by atoms with Gasteiger partial charge in [0.15, 0.2) is 11.9 Å². The number of methoxy groups -OCH3 is 2. The van der Waals surface area contributed by atoms with Gasteiger partial charge in [0.25, 0.3) is 0 Å². The molecular weight excluding hydrogens is 210 g/mol. The minimum atomic E-state index is -0.460. The van der Waals surface area contributed by atoms with Crippen LogP contribution >= 0.6 is 0 Å². The zero-order valence-corrected chi connectivity index (χ0v) is 9.17. The summed E-state index contributed by atoms with van der Waals surface area (Å²) in [4.78, 5) is 11.6. The second-order valence-electron chi connectivity index (χ2n) is 3.35. The number of fused-ring (bicyclic) bond motifs is 1. The van der Waals surface area contributed by atoms with E-state index in [4.69, 9.17) is 13.9 Å². The molecule has 2 rings (SSSR count). The lowest BCUT2D eigenvalue weighted by Crippen LogP contribution is -2.26. The van der Waals surface area contributed by atoms with Crippen LogP contribution in [0.2, 0.25) is 0 Å². The van der Waals surface area contributed by atoms with Crippen LogP contribution in [0.15, 0.2) is 33.5 Å². The summed E-state index contributed by atoms with van der Waals surface area (Å²) >= 11 is 0. The maximum atomic E-state index is 11.6. The van der Waals surface area contributed by atoms with Crippen molar-refractivity contribution < 1.29 is 13.9 Å². The van der Waals surface area contributed by atoms with E-state index in [9.17, 15) is 4.79 Å². The van der Waals surface area contributed by atoms with E-state index in [2.05, 4.69) is 0 Å². The van der Waals surface area contributed by atoms with Gasteiger partial charge in [-0.25, -0.2) is 4.79 Å². The highest BCUT2D eigenvalue weighted by Crippen LogP contribution is 2.12. The van der Waals surface area contributed by atoms with Crippen LogP contribution in [0, 0.1) is 0 Å². The van der Waals surface area contributed by atoms with Crippen molar-refractivity contribution in [3.8, 4) is 0 Å². The fraction of sp³-hybridized carbons (Fsp3) is 0.364. The third kappa shape index (κ3) is 1.87. The summed E-state index contributed by atoms with van der Waals surface area (Å²) in [6.45, 7) is 0.308. The molecular formula is C11H13NO4. The fourth-order valence-electron chi connectivity index (χ4n) is 1.58. The van der Waals surface area contributed by atoms with Crippen LogP contribution in [0.1, 0.15) is 0 Å². The molecule has 0 radical (unpaired) electrons. The Morgan fingerprint density at radius 3 is 2.69 bits per heavy atom. The molecule has 0 atom stereocenters. The second-order valence-corrected chi connectivity index (χ2v) is 3.35. The Kier molecular flexibility index (Phi) is 3.07. The highest BCUT2D eigenvalue weighted by Gasteiger charge is 2.13. The predicted molar refractivity (Wildman–Crippen MR) is 58.3 cm³/mol. The SMILES string of the molecule is COC(Cn1c(=O)oc2ccccc21)OC. The quantitative estimate of drug-likeness (QED) is 0.731. The van der Waals surface area contributed by atoms with Gasteiger partial charge in [-0.2, -0.15) is 0 Å². The van der Waals surface area contributed by atoms with E-state index in [-0.39, 0.29) is 0 Å². The van der Waals surface area contributed by atoms with Gasteiger partial charge in [0.05, 0.1) is 12.1 Å². The average Bonchev–Trinajstić information content (AvgIpc) is 2.62. The van der Waals surface area contributed by atoms with E-state index in [1.54, 1.807) is 6.07 Å². The lowest BCUT2D eigenvalue weighted by atomic mass is 10.3. The van der Waals surface area contributed by atoms with Crippen LogP contribution in [0.4, 0.5) is 0 Å². The van der Waals surface area contributed by atoms with Gasteiger partial charge in [-0.1, -0.05) is 12.1 Å². The molecule has 5 heteroatoms. The molecule has 0 saturated heterocycles. The van der Waals surface area contributed by atoms with Gasteiger partial charge in [-0.05, 0) is 12.1 Å². The maximum absolute atomic E-state index is 11.6. The van der Waals surface area contributed by atoms with Gasteiger partial charge >= 0.3 is 5.76 Å². The van der Waals surface area contributed by atoms with E-state index >= 15 is 0 Å². The smallest absolute Gasteiger partial charge is 0.408 e. The normalized spacial score (nSPS) is 11.4. The third-order valence-corrected chi connectivity index (χ3v) is 2.43. The van der Waals surface area contributed by atoms with Crippen LogP contribution in [-0.4, -0.2) is 25.1 Å². The van der Waals surface area contributed by atoms with E-state index < -0.39 is 12.0 Å². The summed E-state index contributed by atoms with van der Waals surface area (Å²) in [7, 11) is 3.06. The topological polar surface area (TPSA) is 53.6 Å². The third-order valence-electron chi connectivity index (χ3n) is 2.43. The van der Waals surface area contributed by atoms with Crippen molar-refractivity contribution in [1.82, 2.24) is 4.57 Å². The maximum Gasteiger partial charge on any atom is 0.420 e. The van der Waals surface area contributed by atoms with Gasteiger partial charge < -0.3 is 13.9 Å². The molecule has 1 aromatic heterocycles. The van der Waals surface area contributed by atoms with Crippen molar-refractivity contribution >= 4 is 11.1 Å². The first-order valence-electron chi connectivity index (χ1n) is 4.90. The number of hydrogen-bond donors (Lipinski definition) is 0. The molecule has 1 heterocycles. The Labute approximate surface area is 92.2 Å². The van der Waals surface area contributed by atoms with Crippen molar-refractivity contribution in [2.75, 3.05) is 14.2 Å². The average molecular weight is 223 g/mol. The molecule has 0 N–H and O–H groups in total. The molecule has 1 aromatic carbocycles. The first kappa shape index (κ1) is 10.9. The number of para-hydroxylation sites is 2. The lowest BCUT2D eigenvalue weighted by Gasteiger charge is -2.12. The van der Waals surface area contributed by atoms with Crippen molar-refractivity contribution in [3.05, 3.63) is 34.8 Å². The van der Waals surface area contributed by atoms with Crippen LogP contribution in [0.25, 0.3) is 11.1 Å². The van der Waals surface area contributed by atoms with Crippen molar-refractivity contribution in [1.29, 1.82) is 0 Å². The summed E-state index contributed by atoms with van der Waals surface area (Å²) < 4.78 is 16.7. The van der Waals surface area contributed by atoms with E-state index in [1.807, 2.05) is 18.2 Å². The van der Waals surface area contributed by atoms with Crippen molar-refractivity contribution in [2.24, 2.45) is 0 Å². The fourth-order valence-corrected chi connectivity index (χ4v) is 1.58. The first-order chi connectivity index (χ1) is 7.76. The second kappa shape index (κ2) is 4.51. The summed E-state index contributed by atoms with van der Waals surface area (Å²) in [5.41, 5.74) is 1.31. The number of oxazole rings is 1. The van der Waals surface area contributed by atoms with Gasteiger partial charge in [-0.15, -0.1) is 0 Å². The van der Waals surface area contributed by atoms with Gasteiger partial charge in [0.1, 0.15) is 0 Å². The zero-order valence-electron chi connectivity index (χ0n) is 9.17. The Morgan fingerprint density at radius 1 is 1.31 bits per heavy atom. The van der Waals surface area contributed by atoms with Gasteiger partial charge in [0, 0.05) is 14.2 Å². The molecule has 0 unspecified atom stereocenters. The molecule has 0 aliphatic rings. The molecule has 0 saturated carbocycles. The predicted octanol–water partition coefficient (Wildman–Crippen LogP) is 1.21. The van der Waals surface area contributed by atoms with E-state index in [1.165, 1.54) is 18.8 Å². The molecule has 0 aliphatic heterocycles. The minimum Gasteiger partial charge on any atom is -0.408 e. The number of aromatic nitrogens is 1. The van der Waals surface area contributed by atoms with Crippen LogP contribution in [0.3, 0.4) is 0 Å². The van der Waals surface area contributed by atoms with Crippen LogP contribution < -0.4 is 5.76 Å². The largest absolute Gasteiger partial charge is 0.420 e. The van der Waals surface area contributed by atoms with Crippen molar-refractivity contribution in [3.63, 3.8) is 0 Å². The molecule has 0 spiro atoms. The highest BCUT2D eigenvalue weighted by molar-refractivity contribution is 5.72. The molecule has 0 amide bonds. The Balaban J connectivity index is 2.43. The number of nitrogens with zero attached hydrogens (tertiary/aromatic N) is 1. The first-order valence-corrected chi connectivity index (χ1v) is 4.90. The van der Waals surface area contributed by atoms with Gasteiger partial charge in [-0.3, -0.25) is 4.57 Å². The van der Waals surface area contributed by atoms with Crippen LogP contribution in [-0.2, 0) is 16.0 Å². The molecule has 0 bridgehead atoms. The zero-order chi connectivity index (χ0) is 11.5. The lowest BCUT2D eigenvalue weighted by molar-refractivity contribution is -0.111. The monoisotopic (exact) mass is 223 g/mol. The van der Waals surface area contributed by atoms with Crippen LogP contribution in [0.5, 0.6) is 0 Å².